The van der Waals surface area contributed by atoms with Gasteiger partial charge in [0, 0.05) is 25.7 Å². The number of hydrogen-bond donors (Lipinski definition) is 3. The zero-order valence-electron chi connectivity index (χ0n) is 60.7. The highest BCUT2D eigenvalue weighted by Crippen LogP contribution is 2.45. The minimum Gasteiger partial charge on any atom is -0.462 e. The number of carbonyl (C=O) groups is 4. The van der Waals surface area contributed by atoms with Gasteiger partial charge in [-0.05, 0) is 43.4 Å². The fraction of sp³-hybridized carbons (Fsp3) is 0.946. The Morgan fingerprint density at radius 1 is 0.312 bits per heavy atom. The summed E-state index contributed by atoms with van der Waals surface area (Å²) in [5.74, 6) is 0.232. The average molecular weight is 1370 g/mol. The van der Waals surface area contributed by atoms with E-state index < -0.39 is 97.5 Å². The van der Waals surface area contributed by atoms with E-state index in [4.69, 9.17) is 37.0 Å². The van der Waals surface area contributed by atoms with E-state index in [1.165, 1.54) is 186 Å². The van der Waals surface area contributed by atoms with Gasteiger partial charge in [-0.2, -0.15) is 0 Å². The van der Waals surface area contributed by atoms with Gasteiger partial charge in [-0.15, -0.1) is 0 Å². The lowest BCUT2D eigenvalue weighted by Crippen LogP contribution is -2.30. The summed E-state index contributed by atoms with van der Waals surface area (Å²) in [5.41, 5.74) is 0. The van der Waals surface area contributed by atoms with Crippen LogP contribution in [-0.4, -0.2) is 96.7 Å². The third kappa shape index (κ3) is 67.0. The van der Waals surface area contributed by atoms with Crippen LogP contribution in [0.15, 0.2) is 0 Å². The van der Waals surface area contributed by atoms with E-state index in [0.717, 1.165) is 108 Å². The van der Waals surface area contributed by atoms with Crippen molar-refractivity contribution in [2.45, 2.75) is 394 Å². The van der Waals surface area contributed by atoms with Crippen molar-refractivity contribution in [1.82, 2.24) is 0 Å². The number of phosphoric acid groups is 2. The smallest absolute Gasteiger partial charge is 0.462 e. The van der Waals surface area contributed by atoms with Gasteiger partial charge in [0.15, 0.2) is 12.2 Å². The third-order valence-electron chi connectivity index (χ3n) is 17.5. The second-order valence-electron chi connectivity index (χ2n) is 27.9. The van der Waals surface area contributed by atoms with Crippen LogP contribution in [0.1, 0.15) is 376 Å². The van der Waals surface area contributed by atoms with Crippen LogP contribution in [0, 0.1) is 17.8 Å². The molecule has 0 saturated heterocycles. The molecule has 0 aromatic heterocycles. The molecule has 0 aliphatic carbocycles. The Bertz CT molecular complexity index is 1820. The van der Waals surface area contributed by atoms with Crippen molar-refractivity contribution >= 4 is 39.5 Å². The lowest BCUT2D eigenvalue weighted by molar-refractivity contribution is -0.161. The Hall–Kier alpha value is -1.94. The molecule has 0 rings (SSSR count). The van der Waals surface area contributed by atoms with Crippen LogP contribution in [0.3, 0.4) is 0 Å². The number of esters is 4. The Morgan fingerprint density at radius 3 is 0.817 bits per heavy atom. The molecule has 93 heavy (non-hydrogen) atoms. The lowest BCUT2D eigenvalue weighted by atomic mass is 9.99. The van der Waals surface area contributed by atoms with E-state index in [-0.39, 0.29) is 25.7 Å². The normalized spacial score (nSPS) is 14.4. The number of rotatable bonds is 72. The molecule has 0 aromatic rings. The van der Waals surface area contributed by atoms with E-state index >= 15 is 0 Å². The van der Waals surface area contributed by atoms with Crippen molar-refractivity contribution in [2.24, 2.45) is 17.8 Å². The molecule has 552 valence electrons. The van der Waals surface area contributed by atoms with Gasteiger partial charge in [0.2, 0.25) is 0 Å². The highest BCUT2D eigenvalue weighted by molar-refractivity contribution is 7.47. The number of aliphatic hydroxyl groups excluding tert-OH is 1. The predicted molar refractivity (Wildman–Crippen MR) is 377 cm³/mol. The summed E-state index contributed by atoms with van der Waals surface area (Å²) < 4.78 is 68.4. The summed E-state index contributed by atoms with van der Waals surface area (Å²) in [6.45, 7) is 11.9. The first-order valence-electron chi connectivity index (χ1n) is 38.4. The standard InChI is InChI=1S/C74H144O17P2/c1-8-10-11-12-13-24-34-41-48-55-71(76)84-61-69(91-74(79)58-51-44-37-30-23-26-32-39-46-53-66(5)6)63-88-92(80,81)86-59-68(75)60-87-93(82,83)89-64-70(62-85-72(77)56-49-42-35-28-22-18-19-25-31-38-45-52-65(3)4)90-73(78)57-50-43-36-29-21-17-15-14-16-20-27-33-40-47-54-67(7)9-2/h65-70,75H,8-64H2,1-7H3,(H,80,81)(H,82,83)/t67?,68-,69+,70+/m0/s1. The molecule has 0 aromatic carbocycles. The molecule has 0 fully saturated rings. The van der Waals surface area contributed by atoms with E-state index in [1.807, 2.05) is 0 Å². The first-order chi connectivity index (χ1) is 44.8. The Morgan fingerprint density at radius 2 is 0.548 bits per heavy atom. The van der Waals surface area contributed by atoms with Gasteiger partial charge in [0.05, 0.1) is 26.4 Å². The van der Waals surface area contributed by atoms with Gasteiger partial charge in [0.1, 0.15) is 19.3 Å². The molecule has 0 saturated carbocycles. The Labute approximate surface area is 568 Å². The maximum Gasteiger partial charge on any atom is 0.472 e. The summed E-state index contributed by atoms with van der Waals surface area (Å²) in [5, 5.41) is 10.6. The molecule has 0 bridgehead atoms. The number of unbranched alkanes of at least 4 members (excludes halogenated alkanes) is 39. The van der Waals surface area contributed by atoms with Crippen LogP contribution in [-0.2, 0) is 65.4 Å². The van der Waals surface area contributed by atoms with Gasteiger partial charge in [0.25, 0.3) is 0 Å². The zero-order valence-corrected chi connectivity index (χ0v) is 62.5. The monoisotopic (exact) mass is 1370 g/mol. The number of hydrogen-bond acceptors (Lipinski definition) is 15. The third-order valence-corrected chi connectivity index (χ3v) is 19.4. The van der Waals surface area contributed by atoms with Crippen LogP contribution >= 0.6 is 15.6 Å². The average Bonchev–Trinajstić information content (AvgIpc) is 1.80. The maximum absolute atomic E-state index is 13.1. The minimum atomic E-state index is -4.96. The van der Waals surface area contributed by atoms with Crippen molar-refractivity contribution in [2.75, 3.05) is 39.6 Å². The molecule has 3 unspecified atom stereocenters. The van der Waals surface area contributed by atoms with Crippen molar-refractivity contribution in [3.8, 4) is 0 Å². The summed E-state index contributed by atoms with van der Waals surface area (Å²) in [6, 6.07) is 0. The molecule has 0 heterocycles. The van der Waals surface area contributed by atoms with E-state index in [1.54, 1.807) is 0 Å². The van der Waals surface area contributed by atoms with Crippen molar-refractivity contribution in [3.05, 3.63) is 0 Å². The van der Waals surface area contributed by atoms with Crippen LogP contribution in [0.4, 0.5) is 0 Å². The summed E-state index contributed by atoms with van der Waals surface area (Å²) in [4.78, 5) is 72.7. The highest BCUT2D eigenvalue weighted by Gasteiger charge is 2.30. The molecule has 19 heteroatoms. The number of carbonyl (C=O) groups excluding carboxylic acids is 4. The fourth-order valence-electron chi connectivity index (χ4n) is 11.2. The van der Waals surface area contributed by atoms with Crippen LogP contribution in [0.25, 0.3) is 0 Å². The molecule has 0 aliphatic rings. The molecule has 3 N–H and O–H groups in total. The van der Waals surface area contributed by atoms with Gasteiger partial charge in [-0.3, -0.25) is 37.3 Å². The molecular formula is C74H144O17P2. The summed E-state index contributed by atoms with van der Waals surface area (Å²) in [6.07, 6.45) is 49.9. The quantitative estimate of drug-likeness (QED) is 0.0222. The minimum absolute atomic E-state index is 0.105. The first kappa shape index (κ1) is 91.1. The van der Waals surface area contributed by atoms with E-state index in [0.29, 0.717) is 25.7 Å². The van der Waals surface area contributed by atoms with E-state index in [9.17, 15) is 43.2 Å². The number of phosphoric ester groups is 2. The maximum atomic E-state index is 13.1. The van der Waals surface area contributed by atoms with E-state index in [2.05, 4.69) is 48.5 Å². The molecule has 0 amide bonds. The van der Waals surface area contributed by atoms with Crippen LogP contribution < -0.4 is 0 Å². The number of aliphatic hydroxyl groups is 1. The molecular weight excluding hydrogens is 1220 g/mol. The Kier molecular flexibility index (Phi) is 63.4. The van der Waals surface area contributed by atoms with Crippen molar-refractivity contribution in [3.63, 3.8) is 0 Å². The van der Waals surface area contributed by atoms with Gasteiger partial charge >= 0.3 is 39.5 Å². The molecule has 6 atom stereocenters. The summed E-state index contributed by atoms with van der Waals surface area (Å²) >= 11 is 0. The summed E-state index contributed by atoms with van der Waals surface area (Å²) in [7, 11) is -9.91. The van der Waals surface area contributed by atoms with Gasteiger partial charge < -0.3 is 33.8 Å². The van der Waals surface area contributed by atoms with Crippen LogP contribution in [0.5, 0.6) is 0 Å². The molecule has 17 nitrogen and oxygen atoms in total. The zero-order chi connectivity index (χ0) is 68.7. The van der Waals surface area contributed by atoms with Gasteiger partial charge in [-0.25, -0.2) is 9.13 Å². The Balaban J connectivity index is 5.23. The molecule has 0 aliphatic heterocycles. The molecule has 0 radical (unpaired) electrons. The SMILES string of the molecule is CCCCCCCCCCCC(=O)OC[C@H](COP(=O)(O)OC[C@H](O)COP(=O)(O)OC[C@@H](COC(=O)CCCCCCCCCCCCCC(C)C)OC(=O)CCCCCCCCCCCCCCCCC(C)CC)OC(=O)CCCCCCCCCCCC(C)C. The van der Waals surface area contributed by atoms with Crippen LogP contribution in [0.2, 0.25) is 0 Å². The lowest BCUT2D eigenvalue weighted by Gasteiger charge is -2.21. The first-order valence-corrected chi connectivity index (χ1v) is 41.4. The number of ether oxygens (including phenoxy) is 4. The topological polar surface area (TPSA) is 237 Å². The predicted octanol–water partition coefficient (Wildman–Crippen LogP) is 21.4. The second-order valence-corrected chi connectivity index (χ2v) is 30.8. The van der Waals surface area contributed by atoms with Gasteiger partial charge in [-0.1, -0.05) is 325 Å². The fourth-order valence-corrected chi connectivity index (χ4v) is 12.8. The highest BCUT2D eigenvalue weighted by atomic mass is 31.2. The van der Waals surface area contributed by atoms with Crippen molar-refractivity contribution < 1.29 is 80.2 Å². The van der Waals surface area contributed by atoms with Crippen molar-refractivity contribution in [1.29, 1.82) is 0 Å². The molecule has 0 spiro atoms. The second kappa shape index (κ2) is 64.7. The largest absolute Gasteiger partial charge is 0.472 e.